The zero-order valence-corrected chi connectivity index (χ0v) is 14.4. The second kappa shape index (κ2) is 7.84. The van der Waals surface area contributed by atoms with Gasteiger partial charge in [-0.3, -0.25) is 14.9 Å². The monoisotopic (exact) mass is 410 g/mol. The molecule has 0 aliphatic heterocycles. The predicted octanol–water partition coefficient (Wildman–Crippen LogP) is 3.68. The highest BCUT2D eigenvalue weighted by Crippen LogP contribution is 2.22. The maximum absolute atomic E-state index is 13.3. The molecule has 0 bridgehead atoms. The summed E-state index contributed by atoms with van der Waals surface area (Å²) < 4.78 is 19.1. The zero-order chi connectivity index (χ0) is 18.6. The van der Waals surface area contributed by atoms with Gasteiger partial charge in [0.1, 0.15) is 0 Å². The lowest BCUT2D eigenvalue weighted by atomic mass is 10.2. The van der Waals surface area contributed by atoms with Crippen LogP contribution in [0, 0.1) is 15.9 Å². The summed E-state index contributed by atoms with van der Waals surface area (Å²) in [6.45, 7) is 1.35. The van der Waals surface area contributed by atoms with E-state index in [9.17, 15) is 24.1 Å². The first-order valence-electron chi connectivity index (χ1n) is 6.99. The van der Waals surface area contributed by atoms with E-state index in [1.807, 2.05) is 0 Å². The zero-order valence-electron chi connectivity index (χ0n) is 12.9. The molecule has 2 aromatic rings. The summed E-state index contributed by atoms with van der Waals surface area (Å²) in [5.74, 6) is -2.41. The largest absolute Gasteiger partial charge is 0.449 e. The quantitative estimate of drug-likeness (QED) is 0.460. The molecule has 130 valence electrons. The Morgan fingerprint density at radius 3 is 2.48 bits per heavy atom. The molecule has 0 spiro atoms. The van der Waals surface area contributed by atoms with Gasteiger partial charge in [0.15, 0.2) is 6.10 Å². The van der Waals surface area contributed by atoms with Gasteiger partial charge in [-0.2, -0.15) is 4.39 Å². The number of nitrogens with one attached hydrogen (secondary N) is 1. The van der Waals surface area contributed by atoms with Crippen molar-refractivity contribution in [1.29, 1.82) is 0 Å². The Hall–Kier alpha value is -2.81. The van der Waals surface area contributed by atoms with Crippen LogP contribution in [0.1, 0.15) is 17.3 Å². The first-order chi connectivity index (χ1) is 11.8. The second-order valence-electron chi connectivity index (χ2n) is 4.97. The molecule has 0 unspecified atom stereocenters. The van der Waals surface area contributed by atoms with Crippen molar-refractivity contribution < 1.29 is 23.6 Å². The van der Waals surface area contributed by atoms with Crippen LogP contribution in [0.25, 0.3) is 0 Å². The number of ether oxygens (including phenoxy) is 1. The molecule has 1 N–H and O–H groups in total. The summed E-state index contributed by atoms with van der Waals surface area (Å²) in [4.78, 5) is 33.8. The third-order valence-electron chi connectivity index (χ3n) is 3.14. The Kier molecular flexibility index (Phi) is 5.81. The first-order valence-corrected chi connectivity index (χ1v) is 7.78. The standard InChI is InChI=1S/C16H12BrFN2O5/c1-9(25-16(22)10-2-4-11(17)5-3-10)15(21)19-12-6-7-13(18)14(8-12)20(23)24/h2-9H,1H3,(H,19,21)/t9-/m0/s1. The normalized spacial score (nSPS) is 11.5. The number of nitro benzene ring substituents is 1. The molecular formula is C16H12BrFN2O5. The van der Waals surface area contributed by atoms with E-state index in [1.54, 1.807) is 12.1 Å². The van der Waals surface area contributed by atoms with E-state index < -0.39 is 34.4 Å². The molecule has 7 nitrogen and oxygen atoms in total. The lowest BCUT2D eigenvalue weighted by molar-refractivity contribution is -0.387. The van der Waals surface area contributed by atoms with Gasteiger partial charge in [-0.25, -0.2) is 4.79 Å². The minimum atomic E-state index is -1.15. The van der Waals surface area contributed by atoms with Crippen LogP contribution in [-0.4, -0.2) is 22.9 Å². The fourth-order valence-corrected chi connectivity index (χ4v) is 2.11. The van der Waals surface area contributed by atoms with E-state index in [-0.39, 0.29) is 11.3 Å². The van der Waals surface area contributed by atoms with Crippen molar-refractivity contribution in [3.05, 3.63) is 68.4 Å². The summed E-state index contributed by atoms with van der Waals surface area (Å²) in [6.07, 6.45) is -1.15. The van der Waals surface area contributed by atoms with Crippen LogP contribution in [0.3, 0.4) is 0 Å². The van der Waals surface area contributed by atoms with Gasteiger partial charge >= 0.3 is 11.7 Å². The highest BCUT2D eigenvalue weighted by atomic mass is 79.9. The fourth-order valence-electron chi connectivity index (χ4n) is 1.84. The average Bonchev–Trinajstić information content (AvgIpc) is 2.56. The number of benzene rings is 2. The number of rotatable bonds is 5. The number of carbonyl (C=O) groups excluding carboxylic acids is 2. The molecule has 2 aromatic carbocycles. The van der Waals surface area contributed by atoms with Crippen molar-refractivity contribution in [3.8, 4) is 0 Å². The van der Waals surface area contributed by atoms with Crippen LogP contribution in [0.2, 0.25) is 0 Å². The lowest BCUT2D eigenvalue weighted by Gasteiger charge is -2.13. The Balaban J connectivity index is 2.03. The molecule has 0 fully saturated rings. The maximum atomic E-state index is 13.3. The number of carbonyl (C=O) groups is 2. The number of halogens is 2. The van der Waals surface area contributed by atoms with Crippen molar-refractivity contribution in [2.24, 2.45) is 0 Å². The SMILES string of the molecule is C[C@H](OC(=O)c1ccc(Br)cc1)C(=O)Nc1ccc(F)c([N+](=O)[O-])c1. The molecule has 0 saturated heterocycles. The molecule has 9 heteroatoms. The van der Waals surface area contributed by atoms with Crippen molar-refractivity contribution in [3.63, 3.8) is 0 Å². The molecule has 2 rings (SSSR count). The van der Waals surface area contributed by atoms with Crippen molar-refractivity contribution in [2.75, 3.05) is 5.32 Å². The molecule has 0 aromatic heterocycles. The van der Waals surface area contributed by atoms with E-state index in [4.69, 9.17) is 4.74 Å². The van der Waals surface area contributed by atoms with Crippen LogP contribution in [-0.2, 0) is 9.53 Å². The Labute approximate surface area is 150 Å². The van der Waals surface area contributed by atoms with Crippen LogP contribution < -0.4 is 5.32 Å². The number of esters is 1. The van der Waals surface area contributed by atoms with Crippen molar-refractivity contribution in [2.45, 2.75) is 13.0 Å². The van der Waals surface area contributed by atoms with E-state index >= 15 is 0 Å². The van der Waals surface area contributed by atoms with Crippen LogP contribution in [0.15, 0.2) is 46.9 Å². The van der Waals surface area contributed by atoms with Gasteiger partial charge < -0.3 is 10.1 Å². The molecule has 1 amide bonds. The molecule has 25 heavy (non-hydrogen) atoms. The van der Waals surface area contributed by atoms with Crippen LogP contribution in [0.5, 0.6) is 0 Å². The topological polar surface area (TPSA) is 98.5 Å². The minimum absolute atomic E-state index is 0.0182. The van der Waals surface area contributed by atoms with Crippen molar-refractivity contribution in [1.82, 2.24) is 0 Å². The van der Waals surface area contributed by atoms with E-state index in [2.05, 4.69) is 21.2 Å². The van der Waals surface area contributed by atoms with Gasteiger partial charge in [-0.15, -0.1) is 0 Å². The molecular weight excluding hydrogens is 399 g/mol. The third-order valence-corrected chi connectivity index (χ3v) is 3.67. The smallest absolute Gasteiger partial charge is 0.338 e. The highest BCUT2D eigenvalue weighted by molar-refractivity contribution is 9.10. The molecule has 1 atom stereocenters. The number of hydrogen-bond donors (Lipinski definition) is 1. The number of amides is 1. The summed E-state index contributed by atoms with van der Waals surface area (Å²) in [5, 5.41) is 13.0. The van der Waals surface area contributed by atoms with Gasteiger partial charge in [0.2, 0.25) is 5.82 Å². The first kappa shape index (κ1) is 18.5. The van der Waals surface area contributed by atoms with Crippen LogP contribution in [0.4, 0.5) is 15.8 Å². The Morgan fingerprint density at radius 1 is 1.24 bits per heavy atom. The maximum Gasteiger partial charge on any atom is 0.338 e. The summed E-state index contributed by atoms with van der Waals surface area (Å²) >= 11 is 3.24. The Morgan fingerprint density at radius 2 is 1.88 bits per heavy atom. The average molecular weight is 411 g/mol. The predicted molar refractivity (Wildman–Crippen MR) is 90.7 cm³/mol. The van der Waals surface area contributed by atoms with Gasteiger partial charge in [-0.1, -0.05) is 15.9 Å². The molecule has 0 saturated carbocycles. The molecule has 0 aliphatic carbocycles. The third kappa shape index (κ3) is 4.83. The molecule has 0 heterocycles. The van der Waals surface area contributed by atoms with E-state index in [0.717, 1.165) is 16.6 Å². The lowest BCUT2D eigenvalue weighted by Crippen LogP contribution is -2.30. The minimum Gasteiger partial charge on any atom is -0.449 e. The Bertz CT molecular complexity index is 826. The second-order valence-corrected chi connectivity index (χ2v) is 5.88. The van der Waals surface area contributed by atoms with E-state index in [1.165, 1.54) is 25.1 Å². The summed E-state index contributed by atoms with van der Waals surface area (Å²) in [6, 6.07) is 9.28. The molecule has 0 radical (unpaired) electrons. The summed E-state index contributed by atoms with van der Waals surface area (Å²) in [5.41, 5.74) is -0.484. The number of hydrogen-bond acceptors (Lipinski definition) is 5. The van der Waals surface area contributed by atoms with Gasteiger partial charge in [-0.05, 0) is 43.3 Å². The van der Waals surface area contributed by atoms with Gasteiger partial charge in [0.05, 0.1) is 10.5 Å². The number of nitrogens with zero attached hydrogens (tertiary/aromatic N) is 1. The molecule has 0 aliphatic rings. The fraction of sp³-hybridized carbons (Fsp3) is 0.125. The van der Waals surface area contributed by atoms with Crippen molar-refractivity contribution >= 4 is 39.2 Å². The summed E-state index contributed by atoms with van der Waals surface area (Å²) in [7, 11) is 0. The highest BCUT2D eigenvalue weighted by Gasteiger charge is 2.21. The van der Waals surface area contributed by atoms with Gasteiger partial charge in [0, 0.05) is 16.2 Å². The van der Waals surface area contributed by atoms with Gasteiger partial charge in [0.25, 0.3) is 5.91 Å². The van der Waals surface area contributed by atoms with Crippen LogP contribution >= 0.6 is 15.9 Å². The number of nitro groups is 1. The number of anilines is 1. The van der Waals surface area contributed by atoms with E-state index in [0.29, 0.717) is 0 Å².